The highest BCUT2D eigenvalue weighted by atomic mass is 16.5. The Balaban J connectivity index is 3.83. The minimum atomic E-state index is -0.469. The van der Waals surface area contributed by atoms with Crippen LogP contribution in [0.15, 0.2) is 17.1 Å². The zero-order valence-electron chi connectivity index (χ0n) is 7.16. The van der Waals surface area contributed by atoms with Gasteiger partial charge in [-0.25, -0.2) is 14.6 Å². The summed E-state index contributed by atoms with van der Waals surface area (Å²) in [6.45, 7) is 6.74. The van der Waals surface area contributed by atoms with E-state index in [0.29, 0.717) is 5.57 Å². The average Bonchev–Trinajstić information content (AvgIpc) is 2.00. The van der Waals surface area contributed by atoms with Crippen molar-refractivity contribution in [3.63, 3.8) is 0 Å². The zero-order valence-corrected chi connectivity index (χ0v) is 7.16. The minimum absolute atomic E-state index is 0.141. The van der Waals surface area contributed by atoms with Gasteiger partial charge in [-0.05, 0) is 13.8 Å². The summed E-state index contributed by atoms with van der Waals surface area (Å²) in [5.74, 6) is -0.469. The topological polar surface area (TPSA) is 55.7 Å². The molecule has 0 aliphatic carbocycles. The quantitative estimate of drug-likeness (QED) is 0.271. The Morgan fingerprint density at radius 1 is 1.75 bits per heavy atom. The summed E-state index contributed by atoms with van der Waals surface area (Å²) in [6.07, 6.45) is 0.956. The Kier molecular flexibility index (Phi) is 4.65. The highest BCUT2D eigenvalue weighted by Crippen LogP contribution is 1.97. The van der Waals surface area contributed by atoms with Crippen LogP contribution in [0.5, 0.6) is 0 Å². The summed E-state index contributed by atoms with van der Waals surface area (Å²) in [5.41, 5.74) is 0.330. The summed E-state index contributed by atoms with van der Waals surface area (Å²) in [7, 11) is 0. The van der Waals surface area contributed by atoms with Gasteiger partial charge in [0.2, 0.25) is 6.08 Å². The third-order valence-corrected chi connectivity index (χ3v) is 1.07. The molecule has 0 radical (unpaired) electrons. The second kappa shape index (κ2) is 5.27. The van der Waals surface area contributed by atoms with Crippen molar-refractivity contribution in [2.24, 2.45) is 4.99 Å². The van der Waals surface area contributed by atoms with E-state index >= 15 is 0 Å². The number of hydrogen-bond donors (Lipinski definition) is 0. The Bertz CT molecular complexity index is 228. The highest BCUT2D eigenvalue weighted by Gasteiger charge is 2.08. The van der Waals surface area contributed by atoms with Crippen molar-refractivity contribution >= 4 is 12.0 Å². The molecule has 0 aromatic rings. The van der Waals surface area contributed by atoms with Crippen molar-refractivity contribution in [2.75, 3.05) is 6.54 Å². The first kappa shape index (κ1) is 10.6. The maximum absolute atomic E-state index is 10.9. The van der Waals surface area contributed by atoms with Crippen LogP contribution in [-0.2, 0) is 14.3 Å². The van der Waals surface area contributed by atoms with Crippen molar-refractivity contribution in [2.45, 2.75) is 20.0 Å². The van der Waals surface area contributed by atoms with Gasteiger partial charge in [-0.15, -0.1) is 0 Å². The molecule has 4 nitrogen and oxygen atoms in total. The van der Waals surface area contributed by atoms with Gasteiger partial charge in [-0.2, -0.15) is 0 Å². The molecule has 0 aromatic carbocycles. The van der Waals surface area contributed by atoms with E-state index in [2.05, 4.69) is 11.6 Å². The molecule has 0 rings (SSSR count). The maximum atomic E-state index is 10.9. The molecule has 1 atom stereocenters. The van der Waals surface area contributed by atoms with Crippen LogP contribution in [0, 0.1) is 0 Å². The number of aliphatic imine (C=N–C) groups is 1. The van der Waals surface area contributed by atoms with E-state index in [1.54, 1.807) is 13.8 Å². The largest absolute Gasteiger partial charge is 0.457 e. The van der Waals surface area contributed by atoms with E-state index in [9.17, 15) is 9.59 Å². The predicted molar refractivity (Wildman–Crippen MR) is 43.4 cm³/mol. The van der Waals surface area contributed by atoms with Crippen LogP contribution >= 0.6 is 0 Å². The van der Waals surface area contributed by atoms with Crippen molar-refractivity contribution in [3.05, 3.63) is 12.2 Å². The first-order chi connectivity index (χ1) is 5.57. The van der Waals surface area contributed by atoms with Gasteiger partial charge in [0.15, 0.2) is 0 Å². The summed E-state index contributed by atoms with van der Waals surface area (Å²) in [5, 5.41) is 0. The van der Waals surface area contributed by atoms with E-state index in [1.165, 1.54) is 6.08 Å². The molecule has 4 heteroatoms. The molecule has 0 saturated carbocycles. The molecule has 0 N–H and O–H groups in total. The monoisotopic (exact) mass is 169 g/mol. The van der Waals surface area contributed by atoms with Gasteiger partial charge in [-0.3, -0.25) is 0 Å². The van der Waals surface area contributed by atoms with Crippen LogP contribution in [0.3, 0.4) is 0 Å². The standard InChI is InChI=1S/C8H11NO3/c1-6(2)8(11)12-7(3)4-9-5-10/h7H,1,4H2,2-3H3. The van der Waals surface area contributed by atoms with Gasteiger partial charge in [0, 0.05) is 5.57 Å². The van der Waals surface area contributed by atoms with E-state index in [1.807, 2.05) is 0 Å². The number of isocyanates is 1. The Hall–Kier alpha value is -1.41. The summed E-state index contributed by atoms with van der Waals surface area (Å²) in [4.78, 5) is 23.8. The molecule has 0 spiro atoms. The Labute approximate surface area is 70.9 Å². The molecule has 0 saturated heterocycles. The van der Waals surface area contributed by atoms with Gasteiger partial charge in [0.1, 0.15) is 6.10 Å². The molecule has 0 bridgehead atoms. The number of rotatable bonds is 4. The average molecular weight is 169 g/mol. The van der Waals surface area contributed by atoms with E-state index in [4.69, 9.17) is 4.74 Å². The lowest BCUT2D eigenvalue weighted by molar-refractivity contribution is -0.142. The van der Waals surface area contributed by atoms with Crippen molar-refractivity contribution in [1.29, 1.82) is 0 Å². The van der Waals surface area contributed by atoms with Crippen LogP contribution in [0.1, 0.15) is 13.8 Å². The number of carbonyl (C=O) groups excluding carboxylic acids is 2. The van der Waals surface area contributed by atoms with Gasteiger partial charge in [-0.1, -0.05) is 6.58 Å². The summed E-state index contributed by atoms with van der Waals surface area (Å²) >= 11 is 0. The molecule has 0 aliphatic heterocycles. The van der Waals surface area contributed by atoms with Crippen LogP contribution in [0.4, 0.5) is 0 Å². The van der Waals surface area contributed by atoms with Crippen molar-refractivity contribution in [1.82, 2.24) is 0 Å². The van der Waals surface area contributed by atoms with Crippen molar-refractivity contribution in [3.8, 4) is 0 Å². The molecule has 12 heavy (non-hydrogen) atoms. The van der Waals surface area contributed by atoms with E-state index in [0.717, 1.165) is 0 Å². The van der Waals surface area contributed by atoms with Crippen LogP contribution in [-0.4, -0.2) is 24.7 Å². The molecule has 66 valence electrons. The number of nitrogens with zero attached hydrogens (tertiary/aromatic N) is 1. The summed E-state index contributed by atoms with van der Waals surface area (Å²) < 4.78 is 4.80. The molecule has 0 aliphatic rings. The van der Waals surface area contributed by atoms with Crippen LogP contribution < -0.4 is 0 Å². The first-order valence-corrected chi connectivity index (χ1v) is 3.48. The molecule has 0 fully saturated rings. The van der Waals surface area contributed by atoms with Crippen molar-refractivity contribution < 1.29 is 14.3 Å². The van der Waals surface area contributed by atoms with E-state index < -0.39 is 12.1 Å². The predicted octanol–water partition coefficient (Wildman–Crippen LogP) is 0.830. The zero-order chi connectivity index (χ0) is 9.56. The second-order valence-electron chi connectivity index (χ2n) is 2.43. The lowest BCUT2D eigenvalue weighted by Crippen LogP contribution is -2.17. The third kappa shape index (κ3) is 4.41. The number of esters is 1. The Morgan fingerprint density at radius 2 is 2.33 bits per heavy atom. The van der Waals surface area contributed by atoms with Crippen LogP contribution in [0.25, 0.3) is 0 Å². The van der Waals surface area contributed by atoms with Gasteiger partial charge >= 0.3 is 5.97 Å². The third-order valence-electron chi connectivity index (χ3n) is 1.07. The number of carbonyl (C=O) groups is 1. The highest BCUT2D eigenvalue weighted by molar-refractivity contribution is 5.87. The van der Waals surface area contributed by atoms with E-state index in [-0.39, 0.29) is 6.54 Å². The fourth-order valence-corrected chi connectivity index (χ4v) is 0.486. The number of ether oxygens (including phenoxy) is 1. The molecule has 0 aromatic heterocycles. The lowest BCUT2D eigenvalue weighted by Gasteiger charge is -2.08. The molecule has 1 unspecified atom stereocenters. The molecule has 0 heterocycles. The molecular formula is C8H11NO3. The smallest absolute Gasteiger partial charge is 0.333 e. The second-order valence-corrected chi connectivity index (χ2v) is 2.43. The number of hydrogen-bond acceptors (Lipinski definition) is 4. The Morgan fingerprint density at radius 3 is 2.75 bits per heavy atom. The fourth-order valence-electron chi connectivity index (χ4n) is 0.486. The molecule has 0 amide bonds. The van der Waals surface area contributed by atoms with Gasteiger partial charge < -0.3 is 4.74 Å². The van der Waals surface area contributed by atoms with Crippen LogP contribution in [0.2, 0.25) is 0 Å². The normalized spacial score (nSPS) is 11.2. The first-order valence-electron chi connectivity index (χ1n) is 3.48. The SMILES string of the molecule is C=C(C)C(=O)OC(C)CN=C=O. The summed E-state index contributed by atoms with van der Waals surface area (Å²) in [6, 6.07) is 0. The van der Waals surface area contributed by atoms with Gasteiger partial charge in [0.05, 0.1) is 6.54 Å². The molecular weight excluding hydrogens is 158 g/mol. The maximum Gasteiger partial charge on any atom is 0.333 e. The lowest BCUT2D eigenvalue weighted by atomic mass is 10.3. The minimum Gasteiger partial charge on any atom is -0.457 e. The van der Waals surface area contributed by atoms with Gasteiger partial charge in [0.25, 0.3) is 0 Å². The fraction of sp³-hybridized carbons (Fsp3) is 0.500.